The zero-order valence-corrected chi connectivity index (χ0v) is 18.5. The van der Waals surface area contributed by atoms with E-state index in [1.165, 1.54) is 0 Å². The minimum atomic E-state index is 0.106. The van der Waals surface area contributed by atoms with E-state index in [0.717, 1.165) is 65.4 Å². The van der Waals surface area contributed by atoms with Gasteiger partial charge in [-0.2, -0.15) is 0 Å². The summed E-state index contributed by atoms with van der Waals surface area (Å²) in [4.78, 5) is 16.5. The van der Waals surface area contributed by atoms with Gasteiger partial charge in [0.2, 0.25) is 5.91 Å². The van der Waals surface area contributed by atoms with Crippen molar-refractivity contribution in [1.82, 2.24) is 14.9 Å². The lowest BCUT2D eigenvalue weighted by molar-refractivity contribution is -0.121. The molecule has 0 aliphatic rings. The number of amides is 1. The zero-order valence-electron chi connectivity index (χ0n) is 17.8. The molecule has 0 radical (unpaired) electrons. The summed E-state index contributed by atoms with van der Waals surface area (Å²) in [6, 6.07) is 13.9. The van der Waals surface area contributed by atoms with Gasteiger partial charge in [0, 0.05) is 31.0 Å². The monoisotopic (exact) mass is 427 g/mol. The normalized spacial score (nSPS) is 11.0. The lowest BCUT2D eigenvalue weighted by Crippen LogP contribution is -2.26. The van der Waals surface area contributed by atoms with Gasteiger partial charge in [-0.25, -0.2) is 4.98 Å². The maximum Gasteiger partial charge on any atom is 0.219 e. The number of hydrogen-bond donors (Lipinski definition) is 1. The molecule has 1 heterocycles. The number of fused-ring (bicyclic) bond motifs is 1. The van der Waals surface area contributed by atoms with Crippen molar-refractivity contribution in [3.8, 4) is 5.75 Å². The Labute approximate surface area is 183 Å². The summed E-state index contributed by atoms with van der Waals surface area (Å²) in [5.74, 6) is 1.98. The van der Waals surface area contributed by atoms with Crippen molar-refractivity contribution in [3.05, 3.63) is 58.9 Å². The zero-order chi connectivity index (χ0) is 21.3. The van der Waals surface area contributed by atoms with E-state index in [1.54, 1.807) is 0 Å². The third kappa shape index (κ3) is 5.99. The fourth-order valence-electron chi connectivity index (χ4n) is 3.46. The molecular formula is C24H30ClN3O2. The lowest BCUT2D eigenvalue weighted by atomic mass is 10.2. The largest absolute Gasteiger partial charge is 0.494 e. The molecule has 0 saturated carbocycles. The van der Waals surface area contributed by atoms with Crippen molar-refractivity contribution in [2.45, 2.75) is 52.5 Å². The molecule has 0 unspecified atom stereocenters. The predicted molar refractivity (Wildman–Crippen MR) is 122 cm³/mol. The van der Waals surface area contributed by atoms with E-state index in [9.17, 15) is 4.79 Å². The molecule has 0 fully saturated rings. The quantitative estimate of drug-likeness (QED) is 0.421. The van der Waals surface area contributed by atoms with Crippen molar-refractivity contribution in [2.75, 3.05) is 13.2 Å². The van der Waals surface area contributed by atoms with Gasteiger partial charge in [0.25, 0.3) is 0 Å². The SMILES string of the molecule is CCCC(=O)NCCc1nc2ccccc2n1CCCCOc1ccc(Cl)c(C)c1. The van der Waals surface area contributed by atoms with E-state index in [0.29, 0.717) is 19.6 Å². The fraction of sp³-hybridized carbons (Fsp3) is 0.417. The maximum absolute atomic E-state index is 11.7. The van der Waals surface area contributed by atoms with Crippen LogP contribution >= 0.6 is 11.6 Å². The number of ether oxygens (including phenoxy) is 1. The van der Waals surface area contributed by atoms with E-state index in [2.05, 4.69) is 16.0 Å². The second kappa shape index (κ2) is 11.0. The number of unbranched alkanes of at least 4 members (excludes halogenated alkanes) is 1. The van der Waals surface area contributed by atoms with Gasteiger partial charge in [0.05, 0.1) is 17.6 Å². The van der Waals surface area contributed by atoms with Crippen LogP contribution in [0, 0.1) is 6.92 Å². The van der Waals surface area contributed by atoms with Crippen LogP contribution in [0.15, 0.2) is 42.5 Å². The van der Waals surface area contributed by atoms with Gasteiger partial charge in [0.1, 0.15) is 11.6 Å². The Balaban J connectivity index is 1.54. The third-order valence-corrected chi connectivity index (χ3v) is 5.48. The van der Waals surface area contributed by atoms with Crippen molar-refractivity contribution in [2.24, 2.45) is 0 Å². The van der Waals surface area contributed by atoms with E-state index in [4.69, 9.17) is 21.3 Å². The average molecular weight is 428 g/mol. The summed E-state index contributed by atoms with van der Waals surface area (Å²) < 4.78 is 8.13. The third-order valence-electron chi connectivity index (χ3n) is 5.06. The van der Waals surface area contributed by atoms with Gasteiger partial charge in [-0.05, 0) is 62.1 Å². The predicted octanol–water partition coefficient (Wildman–Crippen LogP) is 5.32. The first-order chi connectivity index (χ1) is 14.6. The Bertz CT molecular complexity index is 984. The molecule has 2 aromatic carbocycles. The number of hydrogen-bond acceptors (Lipinski definition) is 3. The summed E-state index contributed by atoms with van der Waals surface area (Å²) in [5.41, 5.74) is 3.16. The summed E-state index contributed by atoms with van der Waals surface area (Å²) in [6.07, 6.45) is 4.10. The highest BCUT2D eigenvalue weighted by molar-refractivity contribution is 6.31. The summed E-state index contributed by atoms with van der Waals surface area (Å²) in [5, 5.41) is 3.74. The molecule has 0 bridgehead atoms. The number of benzene rings is 2. The Morgan fingerprint density at radius 1 is 1.20 bits per heavy atom. The van der Waals surface area contributed by atoms with Crippen molar-refractivity contribution >= 4 is 28.5 Å². The molecule has 0 aliphatic carbocycles. The smallest absolute Gasteiger partial charge is 0.219 e. The van der Waals surface area contributed by atoms with Gasteiger partial charge in [-0.15, -0.1) is 0 Å². The lowest BCUT2D eigenvalue weighted by Gasteiger charge is -2.11. The number of halogens is 1. The number of para-hydroxylation sites is 2. The van der Waals surface area contributed by atoms with Gasteiger partial charge in [-0.3, -0.25) is 4.79 Å². The van der Waals surface area contributed by atoms with Crippen LogP contribution in [-0.2, 0) is 17.8 Å². The van der Waals surface area contributed by atoms with Crippen LogP contribution in [0.2, 0.25) is 5.02 Å². The van der Waals surface area contributed by atoms with E-state index >= 15 is 0 Å². The molecule has 0 saturated heterocycles. The van der Waals surface area contributed by atoms with Crippen molar-refractivity contribution in [1.29, 1.82) is 0 Å². The Hall–Kier alpha value is -2.53. The van der Waals surface area contributed by atoms with Crippen LogP contribution in [0.25, 0.3) is 11.0 Å². The van der Waals surface area contributed by atoms with Crippen molar-refractivity contribution < 1.29 is 9.53 Å². The standard InChI is InChI=1S/C24H30ClN3O2/c1-3-8-24(29)26-14-13-23-27-21-9-4-5-10-22(21)28(23)15-6-7-16-30-19-11-12-20(25)18(2)17-19/h4-5,9-12,17H,3,6-8,13-16H2,1-2H3,(H,26,29). The molecule has 1 aromatic heterocycles. The van der Waals surface area contributed by atoms with Crippen LogP contribution in [0.3, 0.4) is 0 Å². The molecule has 1 amide bonds. The van der Waals surface area contributed by atoms with Gasteiger partial charge < -0.3 is 14.6 Å². The molecule has 0 spiro atoms. The Kier molecular flexibility index (Phi) is 8.14. The highest BCUT2D eigenvalue weighted by Gasteiger charge is 2.10. The molecule has 1 N–H and O–H groups in total. The number of nitrogens with one attached hydrogen (secondary N) is 1. The minimum Gasteiger partial charge on any atom is -0.494 e. The van der Waals surface area contributed by atoms with E-state index in [-0.39, 0.29) is 5.91 Å². The number of nitrogens with zero attached hydrogens (tertiary/aromatic N) is 2. The Morgan fingerprint density at radius 2 is 2.03 bits per heavy atom. The van der Waals surface area contributed by atoms with Crippen LogP contribution in [-0.4, -0.2) is 28.6 Å². The molecule has 0 atom stereocenters. The summed E-state index contributed by atoms with van der Waals surface area (Å²) >= 11 is 6.07. The molecule has 30 heavy (non-hydrogen) atoms. The minimum absolute atomic E-state index is 0.106. The first-order valence-corrected chi connectivity index (χ1v) is 11.1. The second-order valence-electron chi connectivity index (χ2n) is 7.48. The van der Waals surface area contributed by atoms with E-state index in [1.807, 2.05) is 50.2 Å². The van der Waals surface area contributed by atoms with Crippen LogP contribution < -0.4 is 10.1 Å². The first kappa shape index (κ1) is 22.2. The molecule has 3 rings (SSSR count). The first-order valence-electron chi connectivity index (χ1n) is 10.7. The number of aromatic nitrogens is 2. The molecule has 5 nitrogen and oxygen atoms in total. The molecule has 0 aliphatic heterocycles. The van der Waals surface area contributed by atoms with Gasteiger partial charge in [0.15, 0.2) is 0 Å². The van der Waals surface area contributed by atoms with Crippen molar-refractivity contribution in [3.63, 3.8) is 0 Å². The second-order valence-corrected chi connectivity index (χ2v) is 7.89. The number of imidazole rings is 1. The highest BCUT2D eigenvalue weighted by Crippen LogP contribution is 2.21. The average Bonchev–Trinajstić information content (AvgIpc) is 3.08. The molecule has 6 heteroatoms. The number of carbonyl (C=O) groups is 1. The van der Waals surface area contributed by atoms with Crippen LogP contribution in [0.4, 0.5) is 0 Å². The van der Waals surface area contributed by atoms with Crippen LogP contribution in [0.1, 0.15) is 44.0 Å². The molecule has 160 valence electrons. The highest BCUT2D eigenvalue weighted by atomic mass is 35.5. The fourth-order valence-corrected chi connectivity index (χ4v) is 3.58. The topological polar surface area (TPSA) is 56.2 Å². The van der Waals surface area contributed by atoms with E-state index < -0.39 is 0 Å². The maximum atomic E-state index is 11.7. The summed E-state index contributed by atoms with van der Waals surface area (Å²) in [7, 11) is 0. The number of rotatable bonds is 11. The van der Waals surface area contributed by atoms with Gasteiger partial charge in [-0.1, -0.05) is 30.7 Å². The van der Waals surface area contributed by atoms with Gasteiger partial charge >= 0.3 is 0 Å². The number of aryl methyl sites for hydroxylation is 2. The molecular weight excluding hydrogens is 398 g/mol. The Morgan fingerprint density at radius 3 is 2.83 bits per heavy atom. The van der Waals surface area contributed by atoms with Crippen LogP contribution in [0.5, 0.6) is 5.75 Å². The summed E-state index contributed by atoms with van der Waals surface area (Å²) in [6.45, 7) is 6.14. The molecule has 3 aromatic rings. The number of carbonyl (C=O) groups excluding carboxylic acids is 1.